The summed E-state index contributed by atoms with van der Waals surface area (Å²) >= 11 is 0. The molecule has 1 fully saturated rings. The van der Waals surface area contributed by atoms with Crippen LogP contribution >= 0.6 is 0 Å². The fourth-order valence-electron chi connectivity index (χ4n) is 3.39. The van der Waals surface area contributed by atoms with Crippen LogP contribution in [0.4, 0.5) is 0 Å². The van der Waals surface area contributed by atoms with Gasteiger partial charge < -0.3 is 4.42 Å². The van der Waals surface area contributed by atoms with E-state index in [-0.39, 0.29) is 22.8 Å². The van der Waals surface area contributed by atoms with Gasteiger partial charge in [0, 0.05) is 0 Å². The number of nitrogens with zero attached hydrogens (tertiary/aromatic N) is 2. The average molecular weight is 348 g/mol. The first-order chi connectivity index (χ1) is 11.5. The molecular formula is C18H24N2O3S. The van der Waals surface area contributed by atoms with Gasteiger partial charge in [0.25, 0.3) is 0 Å². The molecule has 0 N–H and O–H groups in total. The van der Waals surface area contributed by atoms with Crippen LogP contribution in [-0.4, -0.2) is 23.9 Å². The van der Waals surface area contributed by atoms with Gasteiger partial charge in [-0.15, -0.1) is 10.2 Å². The molecule has 2 aromatic rings. The molecule has 1 aromatic carbocycles. The van der Waals surface area contributed by atoms with Crippen LogP contribution in [0.15, 0.2) is 34.7 Å². The Kier molecular flexibility index (Phi) is 5.33. The Balaban J connectivity index is 1.64. The minimum Gasteiger partial charge on any atom is -0.424 e. The molecule has 1 saturated carbocycles. The molecule has 24 heavy (non-hydrogen) atoms. The Morgan fingerprint density at radius 3 is 2.46 bits per heavy atom. The van der Waals surface area contributed by atoms with Crippen LogP contribution in [0.3, 0.4) is 0 Å². The van der Waals surface area contributed by atoms with E-state index in [4.69, 9.17) is 4.42 Å². The molecule has 1 heterocycles. The quantitative estimate of drug-likeness (QED) is 0.798. The second kappa shape index (κ2) is 7.47. The van der Waals surface area contributed by atoms with Crippen molar-refractivity contribution in [2.75, 3.05) is 0 Å². The van der Waals surface area contributed by atoms with Gasteiger partial charge in [0.1, 0.15) is 5.75 Å². The second-order valence-corrected chi connectivity index (χ2v) is 9.02. The summed E-state index contributed by atoms with van der Waals surface area (Å²) in [6.07, 6.45) is 6.01. The van der Waals surface area contributed by atoms with E-state index in [0.717, 1.165) is 31.2 Å². The summed E-state index contributed by atoms with van der Waals surface area (Å²) in [5.74, 6) is 0.752. The van der Waals surface area contributed by atoms with Crippen LogP contribution in [0, 0.1) is 5.92 Å². The normalized spacial score (nSPS) is 17.7. The Bertz CT molecular complexity index is 750. The van der Waals surface area contributed by atoms with Gasteiger partial charge in [-0.25, -0.2) is 8.42 Å². The molecule has 1 aliphatic rings. The van der Waals surface area contributed by atoms with Crippen molar-refractivity contribution in [3.05, 3.63) is 47.7 Å². The number of aromatic nitrogens is 2. The van der Waals surface area contributed by atoms with Gasteiger partial charge in [0.15, 0.2) is 9.84 Å². The summed E-state index contributed by atoms with van der Waals surface area (Å²) in [5.41, 5.74) is 1.06. The lowest BCUT2D eigenvalue weighted by Gasteiger charge is -2.26. The van der Waals surface area contributed by atoms with Crippen LogP contribution in [0.25, 0.3) is 0 Å². The van der Waals surface area contributed by atoms with Gasteiger partial charge in [-0.1, -0.05) is 49.6 Å². The van der Waals surface area contributed by atoms with Crippen LogP contribution in [-0.2, 0) is 22.0 Å². The predicted molar refractivity (Wildman–Crippen MR) is 92.2 cm³/mol. The van der Waals surface area contributed by atoms with E-state index in [0.29, 0.717) is 12.3 Å². The van der Waals surface area contributed by atoms with Crippen LogP contribution in [0.1, 0.15) is 56.4 Å². The number of sulfone groups is 1. The highest BCUT2D eigenvalue weighted by molar-refractivity contribution is 7.91. The summed E-state index contributed by atoms with van der Waals surface area (Å²) in [4.78, 5) is 0. The summed E-state index contributed by atoms with van der Waals surface area (Å²) in [5, 5.41) is 7.57. The van der Waals surface area contributed by atoms with Crippen LogP contribution < -0.4 is 0 Å². The fourth-order valence-corrected chi connectivity index (χ4v) is 4.97. The van der Waals surface area contributed by atoms with Gasteiger partial charge in [0.05, 0.1) is 11.7 Å². The summed E-state index contributed by atoms with van der Waals surface area (Å²) in [6.45, 7) is 1.83. The van der Waals surface area contributed by atoms with E-state index in [2.05, 4.69) is 10.2 Å². The van der Waals surface area contributed by atoms with E-state index in [9.17, 15) is 8.42 Å². The first kappa shape index (κ1) is 17.1. The Hall–Kier alpha value is -1.69. The smallest absolute Gasteiger partial charge is 0.231 e. The summed E-state index contributed by atoms with van der Waals surface area (Å²) in [6, 6.07) is 9.80. The van der Waals surface area contributed by atoms with Gasteiger partial charge in [0.2, 0.25) is 11.8 Å². The van der Waals surface area contributed by atoms with Crippen molar-refractivity contribution in [1.29, 1.82) is 0 Å². The van der Waals surface area contributed by atoms with Gasteiger partial charge in [-0.2, -0.15) is 0 Å². The monoisotopic (exact) mass is 348 g/mol. The molecule has 1 aliphatic carbocycles. The Morgan fingerprint density at radius 1 is 1.08 bits per heavy atom. The highest BCUT2D eigenvalue weighted by atomic mass is 32.2. The molecule has 0 aliphatic heterocycles. The fraction of sp³-hybridized carbons (Fsp3) is 0.556. The van der Waals surface area contributed by atoms with Gasteiger partial charge >= 0.3 is 0 Å². The minimum absolute atomic E-state index is 0.160. The lowest BCUT2D eigenvalue weighted by atomic mass is 9.87. The Morgan fingerprint density at radius 2 is 1.75 bits per heavy atom. The number of hydrogen-bond acceptors (Lipinski definition) is 5. The largest absolute Gasteiger partial charge is 0.424 e. The van der Waals surface area contributed by atoms with Crippen LogP contribution in [0.5, 0.6) is 0 Å². The molecule has 6 heteroatoms. The lowest BCUT2D eigenvalue weighted by molar-refractivity contribution is 0.347. The maximum Gasteiger partial charge on any atom is 0.231 e. The molecule has 130 valence electrons. The SMILES string of the molecule is CC(C1CCCCC1)S(=O)(=O)Cc1nnc(Cc2ccccc2)o1. The molecule has 1 aromatic heterocycles. The van der Waals surface area contributed by atoms with Crippen molar-refractivity contribution in [3.63, 3.8) is 0 Å². The van der Waals surface area contributed by atoms with E-state index >= 15 is 0 Å². The van der Waals surface area contributed by atoms with Crippen LogP contribution in [0.2, 0.25) is 0 Å². The highest BCUT2D eigenvalue weighted by Crippen LogP contribution is 2.30. The van der Waals surface area contributed by atoms with E-state index < -0.39 is 9.84 Å². The van der Waals surface area contributed by atoms with Crippen molar-refractivity contribution >= 4 is 9.84 Å². The molecule has 0 radical (unpaired) electrons. The van der Waals surface area contributed by atoms with Gasteiger partial charge in [-0.05, 0) is 31.2 Å². The third kappa shape index (κ3) is 4.23. The van der Waals surface area contributed by atoms with Crippen molar-refractivity contribution < 1.29 is 12.8 Å². The van der Waals surface area contributed by atoms with Gasteiger partial charge in [-0.3, -0.25) is 0 Å². The van der Waals surface area contributed by atoms with E-state index in [1.807, 2.05) is 37.3 Å². The number of rotatable bonds is 6. The highest BCUT2D eigenvalue weighted by Gasteiger charge is 2.31. The maximum atomic E-state index is 12.6. The molecule has 0 amide bonds. The second-order valence-electron chi connectivity index (χ2n) is 6.66. The minimum atomic E-state index is -3.27. The number of benzene rings is 1. The molecule has 3 rings (SSSR count). The molecule has 5 nitrogen and oxygen atoms in total. The third-order valence-corrected chi connectivity index (χ3v) is 7.08. The average Bonchev–Trinajstić information content (AvgIpc) is 3.02. The zero-order valence-electron chi connectivity index (χ0n) is 14.0. The number of hydrogen-bond donors (Lipinski definition) is 0. The molecule has 1 atom stereocenters. The molecule has 0 saturated heterocycles. The molecule has 0 bridgehead atoms. The zero-order chi connectivity index (χ0) is 17.0. The maximum absolute atomic E-state index is 12.6. The third-order valence-electron chi connectivity index (χ3n) is 4.91. The summed E-state index contributed by atoms with van der Waals surface area (Å²) < 4.78 is 30.8. The lowest BCUT2D eigenvalue weighted by Crippen LogP contribution is -2.29. The Labute approximate surface area is 143 Å². The van der Waals surface area contributed by atoms with Crippen molar-refractivity contribution in [1.82, 2.24) is 10.2 Å². The predicted octanol–water partition coefficient (Wildman–Crippen LogP) is 3.54. The molecular weight excluding hydrogens is 324 g/mol. The molecule has 1 unspecified atom stereocenters. The van der Waals surface area contributed by atoms with E-state index in [1.165, 1.54) is 6.42 Å². The standard InChI is InChI=1S/C18H24N2O3S/c1-14(16-10-6-3-7-11-16)24(21,22)13-18-20-19-17(23-18)12-15-8-4-2-5-9-15/h2,4-5,8-9,14,16H,3,6-7,10-13H2,1H3. The van der Waals surface area contributed by atoms with Crippen molar-refractivity contribution in [3.8, 4) is 0 Å². The zero-order valence-corrected chi connectivity index (χ0v) is 14.8. The van der Waals surface area contributed by atoms with E-state index in [1.54, 1.807) is 0 Å². The van der Waals surface area contributed by atoms with Crippen molar-refractivity contribution in [2.45, 2.75) is 56.5 Å². The summed E-state index contributed by atoms with van der Waals surface area (Å²) in [7, 11) is -3.27. The topological polar surface area (TPSA) is 73.1 Å². The van der Waals surface area contributed by atoms with Crippen molar-refractivity contribution in [2.24, 2.45) is 5.92 Å². The molecule has 0 spiro atoms. The first-order valence-corrected chi connectivity index (χ1v) is 10.3. The first-order valence-electron chi connectivity index (χ1n) is 8.61.